The van der Waals surface area contributed by atoms with Crippen molar-refractivity contribution in [3.8, 4) is 17.0 Å². The minimum atomic E-state index is -4.60. The summed E-state index contributed by atoms with van der Waals surface area (Å²) in [6.07, 6.45) is -3.57. The van der Waals surface area contributed by atoms with E-state index in [1.807, 2.05) is 11.9 Å². The number of anilines is 1. The van der Waals surface area contributed by atoms with Gasteiger partial charge in [0.05, 0.1) is 17.1 Å². The van der Waals surface area contributed by atoms with Crippen molar-refractivity contribution in [3.05, 3.63) is 42.1 Å². The number of likely N-dealkylation sites (tertiary alicyclic amines) is 1. The van der Waals surface area contributed by atoms with E-state index >= 15 is 0 Å². The van der Waals surface area contributed by atoms with E-state index in [-0.39, 0.29) is 23.5 Å². The normalized spacial score (nSPS) is 20.0. The summed E-state index contributed by atoms with van der Waals surface area (Å²) in [4.78, 5) is 12.9. The molecular formula is C20H19F4N5O2. The van der Waals surface area contributed by atoms with Crippen LogP contribution in [0.2, 0.25) is 0 Å². The fraction of sp³-hybridized carbons (Fsp3) is 0.350. The number of piperidine rings is 1. The first-order valence-corrected chi connectivity index (χ1v) is 9.52. The molecule has 0 radical (unpaired) electrons. The second-order valence-electron chi connectivity index (χ2n) is 7.38. The lowest BCUT2D eigenvalue weighted by molar-refractivity contribution is -0.138. The first kappa shape index (κ1) is 21.0. The molecule has 0 bridgehead atoms. The predicted octanol–water partition coefficient (Wildman–Crippen LogP) is 3.40. The van der Waals surface area contributed by atoms with Crippen LogP contribution < -0.4 is 10.1 Å². The number of hydrogen-bond donors (Lipinski definition) is 1. The summed E-state index contributed by atoms with van der Waals surface area (Å²) in [5.41, 5.74) is -0.0592. The number of carbonyl (C=O) groups is 1. The average molecular weight is 437 g/mol. The van der Waals surface area contributed by atoms with Crippen molar-refractivity contribution in [2.45, 2.75) is 24.8 Å². The molecule has 1 fully saturated rings. The third-order valence-corrected chi connectivity index (χ3v) is 5.25. The highest BCUT2D eigenvalue weighted by Crippen LogP contribution is 2.38. The van der Waals surface area contributed by atoms with E-state index < -0.39 is 24.0 Å². The zero-order valence-electron chi connectivity index (χ0n) is 16.4. The summed E-state index contributed by atoms with van der Waals surface area (Å²) in [6.45, 7) is 1.21. The average Bonchev–Trinajstić information content (AvgIpc) is 3.21. The van der Waals surface area contributed by atoms with Gasteiger partial charge in [-0.1, -0.05) is 0 Å². The topological polar surface area (TPSA) is 71.8 Å². The molecule has 0 amide bonds. The number of alkyl halides is 4. The molecule has 1 saturated heterocycles. The minimum Gasteiger partial charge on any atom is -0.428 e. The molecule has 0 aliphatic carbocycles. The van der Waals surface area contributed by atoms with Crippen molar-refractivity contribution >= 4 is 17.9 Å². The van der Waals surface area contributed by atoms with Crippen LogP contribution in [-0.4, -0.2) is 58.3 Å². The Kier molecular flexibility index (Phi) is 5.52. The Morgan fingerprint density at radius 3 is 2.81 bits per heavy atom. The van der Waals surface area contributed by atoms with Crippen LogP contribution in [0.4, 0.5) is 23.5 Å². The molecule has 11 heteroatoms. The zero-order valence-corrected chi connectivity index (χ0v) is 16.4. The van der Waals surface area contributed by atoms with Crippen LogP contribution >= 0.6 is 0 Å². The van der Waals surface area contributed by atoms with E-state index in [0.29, 0.717) is 31.0 Å². The van der Waals surface area contributed by atoms with Crippen LogP contribution in [0, 0.1) is 0 Å². The molecule has 1 N–H and O–H groups in total. The molecule has 3 heterocycles. The van der Waals surface area contributed by atoms with Gasteiger partial charge in [-0.15, -0.1) is 10.2 Å². The van der Waals surface area contributed by atoms with Crippen LogP contribution in [0.15, 0.2) is 36.5 Å². The Bertz CT molecular complexity index is 1100. The van der Waals surface area contributed by atoms with Gasteiger partial charge in [-0.3, -0.25) is 9.20 Å². The lowest BCUT2D eigenvalue weighted by Crippen LogP contribution is -2.47. The Balaban J connectivity index is 1.74. The molecule has 31 heavy (non-hydrogen) atoms. The van der Waals surface area contributed by atoms with Crippen molar-refractivity contribution in [1.29, 1.82) is 0 Å². The van der Waals surface area contributed by atoms with E-state index in [2.05, 4.69) is 15.5 Å². The lowest BCUT2D eigenvalue weighted by atomic mass is 10.0. The van der Waals surface area contributed by atoms with Gasteiger partial charge in [0, 0.05) is 24.8 Å². The highest BCUT2D eigenvalue weighted by Gasteiger charge is 2.32. The van der Waals surface area contributed by atoms with Gasteiger partial charge in [0.1, 0.15) is 17.6 Å². The number of rotatable bonds is 5. The van der Waals surface area contributed by atoms with E-state index in [1.165, 1.54) is 6.07 Å². The van der Waals surface area contributed by atoms with Gasteiger partial charge >= 0.3 is 6.18 Å². The van der Waals surface area contributed by atoms with Gasteiger partial charge in [0.2, 0.25) is 5.95 Å². The number of ether oxygens (including phenoxy) is 1. The van der Waals surface area contributed by atoms with Crippen LogP contribution in [0.5, 0.6) is 5.75 Å². The van der Waals surface area contributed by atoms with Crippen LogP contribution in [0.25, 0.3) is 16.8 Å². The summed E-state index contributed by atoms with van der Waals surface area (Å²) in [5, 5.41) is 11.4. The fourth-order valence-corrected chi connectivity index (χ4v) is 3.68. The van der Waals surface area contributed by atoms with Gasteiger partial charge in [-0.05, 0) is 43.8 Å². The molecule has 0 spiro atoms. The number of nitrogens with zero attached hydrogens (tertiary/aromatic N) is 4. The third-order valence-electron chi connectivity index (χ3n) is 5.25. The van der Waals surface area contributed by atoms with Gasteiger partial charge in [-0.2, -0.15) is 13.2 Å². The monoisotopic (exact) mass is 437 g/mol. The van der Waals surface area contributed by atoms with E-state index in [0.717, 1.165) is 12.1 Å². The Morgan fingerprint density at radius 2 is 2.06 bits per heavy atom. The molecule has 1 aromatic carbocycles. The number of fused-ring (bicyclic) bond motifs is 1. The number of benzene rings is 1. The highest BCUT2D eigenvalue weighted by molar-refractivity contribution is 5.82. The van der Waals surface area contributed by atoms with Crippen LogP contribution in [0.3, 0.4) is 0 Å². The SMILES string of the molecule is CN1CC[C@H](F)[C@@H](Nc2nnc(-c3ccc(C(F)(F)F)cc3OC=O)c3cccn23)C1. The molecule has 0 saturated carbocycles. The second kappa shape index (κ2) is 8.14. The molecular weight excluding hydrogens is 418 g/mol. The summed E-state index contributed by atoms with van der Waals surface area (Å²) in [6, 6.07) is 5.72. The Morgan fingerprint density at radius 1 is 1.26 bits per heavy atom. The molecule has 2 atom stereocenters. The number of nitrogens with one attached hydrogen (secondary N) is 1. The maximum atomic E-state index is 14.4. The minimum absolute atomic E-state index is 0.0542. The Labute approximate surface area is 174 Å². The zero-order chi connectivity index (χ0) is 22.2. The van der Waals surface area contributed by atoms with Gasteiger partial charge in [0.25, 0.3) is 6.47 Å². The predicted molar refractivity (Wildman–Crippen MR) is 105 cm³/mol. The molecule has 3 aromatic rings. The molecule has 1 aliphatic rings. The third kappa shape index (κ3) is 4.18. The summed E-state index contributed by atoms with van der Waals surface area (Å²) in [7, 11) is 1.90. The van der Waals surface area contributed by atoms with E-state index in [4.69, 9.17) is 4.74 Å². The number of aromatic nitrogens is 3. The maximum Gasteiger partial charge on any atom is 0.416 e. The van der Waals surface area contributed by atoms with Crippen molar-refractivity contribution in [1.82, 2.24) is 19.5 Å². The van der Waals surface area contributed by atoms with Gasteiger partial charge in [-0.25, -0.2) is 4.39 Å². The molecule has 0 unspecified atom stereocenters. The van der Waals surface area contributed by atoms with Crippen LogP contribution in [-0.2, 0) is 11.0 Å². The Hall–Kier alpha value is -3.21. The van der Waals surface area contributed by atoms with Gasteiger partial charge in [0.15, 0.2) is 0 Å². The molecule has 2 aromatic heterocycles. The lowest BCUT2D eigenvalue weighted by Gasteiger charge is -2.33. The maximum absolute atomic E-state index is 14.4. The van der Waals surface area contributed by atoms with Crippen molar-refractivity contribution < 1.29 is 27.1 Å². The smallest absolute Gasteiger partial charge is 0.416 e. The van der Waals surface area contributed by atoms with Crippen molar-refractivity contribution in [2.24, 2.45) is 0 Å². The summed E-state index contributed by atoms with van der Waals surface area (Å²) in [5.74, 6) is 0.0112. The van der Waals surface area contributed by atoms with Crippen molar-refractivity contribution in [2.75, 3.05) is 25.5 Å². The highest BCUT2D eigenvalue weighted by atomic mass is 19.4. The largest absolute Gasteiger partial charge is 0.428 e. The standard InChI is InChI=1S/C20H19F4N5O2/c1-28-8-6-14(21)15(10-28)25-19-27-26-18(16-3-2-7-29(16)19)13-5-4-12(20(22,23)24)9-17(13)31-11-30/h2-5,7,9,11,14-15H,6,8,10H2,1H3,(H,25,27)/t14-,15-/m0/s1. The van der Waals surface area contributed by atoms with E-state index in [1.54, 1.807) is 22.7 Å². The van der Waals surface area contributed by atoms with Crippen LogP contribution in [0.1, 0.15) is 12.0 Å². The first-order chi connectivity index (χ1) is 14.8. The number of halogens is 4. The molecule has 1 aliphatic heterocycles. The molecule has 4 rings (SSSR count). The summed E-state index contributed by atoms with van der Waals surface area (Å²) >= 11 is 0. The first-order valence-electron chi connectivity index (χ1n) is 9.52. The number of hydrogen-bond acceptors (Lipinski definition) is 6. The quantitative estimate of drug-likeness (QED) is 0.487. The second-order valence-corrected chi connectivity index (χ2v) is 7.38. The van der Waals surface area contributed by atoms with E-state index in [9.17, 15) is 22.4 Å². The summed E-state index contributed by atoms with van der Waals surface area (Å²) < 4.78 is 60.0. The molecule has 164 valence electrons. The molecule has 7 nitrogen and oxygen atoms in total. The fourth-order valence-electron chi connectivity index (χ4n) is 3.68. The van der Waals surface area contributed by atoms with Crippen molar-refractivity contribution in [3.63, 3.8) is 0 Å². The number of likely N-dealkylation sites (N-methyl/N-ethyl adjacent to an activating group) is 1. The number of carbonyl (C=O) groups excluding carboxylic acids is 1. The van der Waals surface area contributed by atoms with Gasteiger partial charge < -0.3 is 15.0 Å².